The first-order chi connectivity index (χ1) is 15.9. The second-order valence-corrected chi connectivity index (χ2v) is 7.38. The third kappa shape index (κ3) is 5.32. The van der Waals surface area contributed by atoms with Gasteiger partial charge in [0.15, 0.2) is 12.3 Å². The van der Waals surface area contributed by atoms with Gasteiger partial charge in [0, 0.05) is 31.1 Å². The Kier molecular flexibility index (Phi) is 7.67. The summed E-state index contributed by atoms with van der Waals surface area (Å²) in [6.07, 6.45) is 1.46. The maximum atomic E-state index is 13.0. The van der Waals surface area contributed by atoms with E-state index in [2.05, 4.69) is 9.97 Å². The highest BCUT2D eigenvalue weighted by Gasteiger charge is 2.25. The van der Waals surface area contributed by atoms with Crippen molar-refractivity contribution < 1.29 is 19.1 Å². The van der Waals surface area contributed by atoms with Gasteiger partial charge in [-0.15, -0.1) is 0 Å². The zero-order valence-electron chi connectivity index (χ0n) is 18.6. The fourth-order valence-corrected chi connectivity index (χ4v) is 3.39. The third-order valence-electron chi connectivity index (χ3n) is 5.12. The molecule has 176 valence electrons. The first kappa shape index (κ1) is 23.8. The van der Waals surface area contributed by atoms with Crippen molar-refractivity contribution in [3.8, 4) is 0 Å². The van der Waals surface area contributed by atoms with Gasteiger partial charge in [-0.3, -0.25) is 24.0 Å². The third-order valence-corrected chi connectivity index (χ3v) is 5.12. The van der Waals surface area contributed by atoms with Gasteiger partial charge in [-0.25, -0.2) is 9.59 Å². The summed E-state index contributed by atoms with van der Waals surface area (Å²) in [4.78, 5) is 56.4. The van der Waals surface area contributed by atoms with E-state index in [-0.39, 0.29) is 36.9 Å². The molecule has 3 rings (SSSR count). The zero-order valence-corrected chi connectivity index (χ0v) is 18.6. The van der Waals surface area contributed by atoms with E-state index in [4.69, 9.17) is 15.2 Å². The number of amides is 1. The van der Waals surface area contributed by atoms with Crippen LogP contribution in [0.2, 0.25) is 0 Å². The number of nitrogen functional groups attached to an aromatic ring is 1. The van der Waals surface area contributed by atoms with E-state index in [9.17, 15) is 19.2 Å². The van der Waals surface area contributed by atoms with Crippen LogP contribution in [0.1, 0.15) is 30.3 Å². The average molecular weight is 457 g/mol. The Hall–Kier alpha value is -3.86. The molecule has 2 heterocycles. The van der Waals surface area contributed by atoms with Gasteiger partial charge < -0.3 is 20.2 Å². The normalized spacial score (nSPS) is 11.0. The van der Waals surface area contributed by atoms with Crippen LogP contribution < -0.4 is 21.9 Å². The van der Waals surface area contributed by atoms with Gasteiger partial charge in [0.05, 0.1) is 6.61 Å². The summed E-state index contributed by atoms with van der Waals surface area (Å²) < 4.78 is 11.4. The molecule has 0 aliphatic carbocycles. The van der Waals surface area contributed by atoms with Crippen molar-refractivity contribution in [3.05, 3.63) is 56.9 Å². The van der Waals surface area contributed by atoms with Crippen molar-refractivity contribution in [1.82, 2.24) is 14.5 Å². The van der Waals surface area contributed by atoms with E-state index in [1.807, 2.05) is 31.2 Å². The molecule has 0 spiro atoms. The fraction of sp³-hybridized carbons (Fsp3) is 0.364. The minimum absolute atomic E-state index is 0.0292. The van der Waals surface area contributed by atoms with E-state index >= 15 is 0 Å². The van der Waals surface area contributed by atoms with Crippen LogP contribution in [-0.4, -0.2) is 53.3 Å². The number of fused-ring (bicyclic) bond motifs is 1. The second-order valence-electron chi connectivity index (χ2n) is 7.38. The van der Waals surface area contributed by atoms with E-state index in [0.29, 0.717) is 6.42 Å². The molecule has 3 aromatic rings. The lowest BCUT2D eigenvalue weighted by Crippen LogP contribution is -2.44. The molecule has 11 heteroatoms. The Bertz CT molecular complexity index is 1230. The summed E-state index contributed by atoms with van der Waals surface area (Å²) >= 11 is 0. The van der Waals surface area contributed by atoms with Gasteiger partial charge in [-0.2, -0.15) is 0 Å². The largest absolute Gasteiger partial charge is 0.451 e. The van der Waals surface area contributed by atoms with Crippen molar-refractivity contribution in [2.45, 2.75) is 26.3 Å². The Morgan fingerprint density at radius 2 is 1.94 bits per heavy atom. The number of carbonyl (C=O) groups is 2. The zero-order chi connectivity index (χ0) is 24.0. The number of ether oxygens (including phenoxy) is 2. The molecule has 11 nitrogen and oxygen atoms in total. The number of esters is 1. The van der Waals surface area contributed by atoms with Crippen LogP contribution in [0.25, 0.3) is 10.9 Å². The van der Waals surface area contributed by atoms with Crippen molar-refractivity contribution in [3.63, 3.8) is 0 Å². The Morgan fingerprint density at radius 1 is 1.18 bits per heavy atom. The SMILES string of the molecule is CCCCn1c(N)c(N(CCOC)C(=O)COC(=O)c2cc3ccccc3[nH]2)c(=O)[nH]c1=O. The average Bonchev–Trinajstić information content (AvgIpc) is 3.23. The molecule has 4 N–H and O–H groups in total. The van der Waals surface area contributed by atoms with Gasteiger partial charge in [0.2, 0.25) is 0 Å². The summed E-state index contributed by atoms with van der Waals surface area (Å²) in [7, 11) is 1.44. The van der Waals surface area contributed by atoms with Gasteiger partial charge in [-0.1, -0.05) is 31.5 Å². The van der Waals surface area contributed by atoms with Gasteiger partial charge in [-0.05, 0) is 18.6 Å². The monoisotopic (exact) mass is 457 g/mol. The molecule has 0 radical (unpaired) electrons. The number of hydrogen-bond donors (Lipinski definition) is 3. The first-order valence-corrected chi connectivity index (χ1v) is 10.5. The van der Waals surface area contributed by atoms with Crippen molar-refractivity contribution in [2.75, 3.05) is 37.5 Å². The molecule has 33 heavy (non-hydrogen) atoms. The minimum Gasteiger partial charge on any atom is -0.451 e. The van der Waals surface area contributed by atoms with Crippen LogP contribution in [-0.2, 0) is 20.8 Å². The number of hydrogen-bond acceptors (Lipinski definition) is 7. The summed E-state index contributed by atoms with van der Waals surface area (Å²) in [5.74, 6) is -1.54. The number of nitrogens with one attached hydrogen (secondary N) is 2. The number of H-pyrrole nitrogens is 2. The number of carbonyl (C=O) groups excluding carboxylic acids is 2. The Balaban J connectivity index is 1.83. The fourth-order valence-electron chi connectivity index (χ4n) is 3.39. The summed E-state index contributed by atoms with van der Waals surface area (Å²) in [6.45, 7) is 1.66. The number of aromatic amines is 2. The number of rotatable bonds is 10. The topological polar surface area (TPSA) is 153 Å². The number of aromatic nitrogens is 3. The molecule has 0 bridgehead atoms. The van der Waals surface area contributed by atoms with Crippen molar-refractivity contribution in [1.29, 1.82) is 0 Å². The van der Waals surface area contributed by atoms with E-state index in [1.54, 1.807) is 6.07 Å². The number of methoxy groups -OCH3 is 1. The predicted octanol–water partition coefficient (Wildman–Crippen LogP) is 1.24. The number of nitrogens with zero attached hydrogens (tertiary/aromatic N) is 2. The summed E-state index contributed by atoms with van der Waals surface area (Å²) in [5, 5.41) is 0.825. The molecule has 0 aliphatic heterocycles. The summed E-state index contributed by atoms with van der Waals surface area (Å²) in [5.41, 5.74) is 5.42. The van der Waals surface area contributed by atoms with Crippen LogP contribution in [0, 0.1) is 0 Å². The quantitative estimate of drug-likeness (QED) is 0.387. The first-order valence-electron chi connectivity index (χ1n) is 10.5. The molecule has 0 saturated heterocycles. The molecule has 2 aromatic heterocycles. The molecule has 0 saturated carbocycles. The van der Waals surface area contributed by atoms with Crippen molar-refractivity contribution >= 4 is 34.3 Å². The molecule has 0 aliphatic rings. The van der Waals surface area contributed by atoms with Crippen LogP contribution in [0.5, 0.6) is 0 Å². The van der Waals surface area contributed by atoms with Crippen LogP contribution in [0.15, 0.2) is 39.9 Å². The van der Waals surface area contributed by atoms with Crippen LogP contribution >= 0.6 is 0 Å². The van der Waals surface area contributed by atoms with Gasteiger partial charge >= 0.3 is 11.7 Å². The highest BCUT2D eigenvalue weighted by molar-refractivity contribution is 5.99. The van der Waals surface area contributed by atoms with Crippen LogP contribution in [0.4, 0.5) is 11.5 Å². The minimum atomic E-state index is -0.809. The Labute approximate surface area is 189 Å². The standard InChI is InChI=1S/C22H27N5O6/c1-3-4-9-27-19(23)18(20(29)25-22(27)31)26(10-11-32-2)17(28)13-33-21(30)16-12-14-7-5-6-8-15(14)24-16/h5-8,12,24H,3-4,9-11,13,23H2,1-2H3,(H,25,29,31). The molecular weight excluding hydrogens is 430 g/mol. The van der Waals surface area contributed by atoms with E-state index in [1.165, 1.54) is 11.7 Å². The molecule has 0 atom stereocenters. The highest BCUT2D eigenvalue weighted by Crippen LogP contribution is 2.18. The smallest absolute Gasteiger partial charge is 0.355 e. The predicted molar refractivity (Wildman–Crippen MR) is 123 cm³/mol. The lowest BCUT2D eigenvalue weighted by molar-refractivity contribution is -0.121. The van der Waals surface area contributed by atoms with Gasteiger partial charge in [0.25, 0.3) is 11.5 Å². The highest BCUT2D eigenvalue weighted by atomic mass is 16.5. The van der Waals surface area contributed by atoms with E-state index in [0.717, 1.165) is 22.2 Å². The van der Waals surface area contributed by atoms with Crippen LogP contribution in [0.3, 0.4) is 0 Å². The maximum absolute atomic E-state index is 13.0. The molecule has 0 unspecified atom stereocenters. The number of para-hydroxylation sites is 1. The van der Waals surface area contributed by atoms with E-state index < -0.39 is 29.7 Å². The summed E-state index contributed by atoms with van der Waals surface area (Å²) in [6, 6.07) is 8.93. The second kappa shape index (κ2) is 10.6. The maximum Gasteiger partial charge on any atom is 0.355 e. The number of unbranched alkanes of at least 4 members (excludes halogenated alkanes) is 1. The molecule has 1 amide bonds. The Morgan fingerprint density at radius 3 is 2.64 bits per heavy atom. The lowest BCUT2D eigenvalue weighted by atomic mass is 10.2. The molecule has 0 fully saturated rings. The molecule has 1 aromatic carbocycles. The number of anilines is 2. The number of benzene rings is 1. The number of nitrogens with two attached hydrogens (primary N) is 1. The van der Waals surface area contributed by atoms with Gasteiger partial charge in [0.1, 0.15) is 11.5 Å². The molecular formula is C22H27N5O6. The lowest BCUT2D eigenvalue weighted by Gasteiger charge is -2.24. The van der Waals surface area contributed by atoms with Crippen molar-refractivity contribution in [2.24, 2.45) is 0 Å².